The van der Waals surface area contributed by atoms with Crippen LogP contribution < -0.4 is 9.47 Å². The lowest BCUT2D eigenvalue weighted by Gasteiger charge is -2.35. The topological polar surface area (TPSA) is 96.4 Å². The predicted molar refractivity (Wildman–Crippen MR) is 206 cm³/mol. The number of carboxylic acids is 1. The number of carbonyl (C=O) groups excluding carboxylic acids is 2. The number of halogens is 2. The number of rotatable bonds is 13. The van der Waals surface area contributed by atoms with Gasteiger partial charge < -0.3 is 24.4 Å². The summed E-state index contributed by atoms with van der Waals surface area (Å²) in [7, 11) is 0. The number of ether oxygens (including phenoxy) is 2. The molecule has 2 amide bonds. The van der Waals surface area contributed by atoms with Crippen molar-refractivity contribution >= 4 is 17.8 Å². The molecular weight excluding hydrogens is 690 g/mol. The van der Waals surface area contributed by atoms with Gasteiger partial charge in [0.05, 0.1) is 5.56 Å². The summed E-state index contributed by atoms with van der Waals surface area (Å²) in [5.41, 5.74) is 4.50. The van der Waals surface area contributed by atoms with Crippen LogP contribution in [0.4, 0.5) is 8.78 Å². The molecular formula is C44H52F2N2O6. The molecule has 1 aliphatic rings. The number of carboxylic acid groups (broad SMARTS) is 1. The summed E-state index contributed by atoms with van der Waals surface area (Å²) in [5.74, 6) is 0.789. The molecule has 8 nitrogen and oxygen atoms in total. The maximum Gasteiger partial charge on any atom is 0.335 e. The van der Waals surface area contributed by atoms with Crippen LogP contribution in [0.1, 0.15) is 84.5 Å². The normalized spacial score (nSPS) is 12.8. The molecule has 1 saturated heterocycles. The molecule has 0 unspecified atom stereocenters. The summed E-state index contributed by atoms with van der Waals surface area (Å²) in [4.78, 5) is 40.1. The largest absolute Gasteiger partial charge is 0.489 e. The highest BCUT2D eigenvalue weighted by atomic mass is 19.1. The fourth-order valence-corrected chi connectivity index (χ4v) is 6.07. The highest BCUT2D eigenvalue weighted by molar-refractivity contribution is 5.95. The zero-order valence-electron chi connectivity index (χ0n) is 32.1. The van der Waals surface area contributed by atoms with Crippen LogP contribution in [0.25, 0.3) is 0 Å². The van der Waals surface area contributed by atoms with E-state index in [1.54, 1.807) is 42.5 Å². The summed E-state index contributed by atoms with van der Waals surface area (Å²) in [5, 5.41) is 9.09. The van der Waals surface area contributed by atoms with Gasteiger partial charge in [-0.15, -0.1) is 0 Å². The second-order valence-corrected chi connectivity index (χ2v) is 14.7. The quantitative estimate of drug-likeness (QED) is 0.147. The number of hydrogen-bond donors (Lipinski definition) is 1. The van der Waals surface area contributed by atoms with Gasteiger partial charge in [-0.3, -0.25) is 9.59 Å². The van der Waals surface area contributed by atoms with E-state index in [9.17, 15) is 23.2 Å². The number of aromatic carboxylic acids is 1. The van der Waals surface area contributed by atoms with E-state index in [2.05, 4.69) is 27.7 Å². The summed E-state index contributed by atoms with van der Waals surface area (Å²) < 4.78 is 37.8. The van der Waals surface area contributed by atoms with Gasteiger partial charge in [0.15, 0.2) is 0 Å². The zero-order chi connectivity index (χ0) is 39.4. The van der Waals surface area contributed by atoms with E-state index in [0.29, 0.717) is 62.5 Å². The van der Waals surface area contributed by atoms with Crippen molar-refractivity contribution in [2.45, 2.75) is 67.6 Å². The molecule has 0 bridgehead atoms. The molecule has 1 N–H and O–H groups in total. The number of nitrogens with zero attached hydrogens (tertiary/aromatic N) is 2. The van der Waals surface area contributed by atoms with Crippen molar-refractivity contribution in [3.05, 3.63) is 130 Å². The molecule has 1 fully saturated rings. The van der Waals surface area contributed by atoms with Crippen LogP contribution in [0.3, 0.4) is 0 Å². The Hall–Kier alpha value is -5.25. The Kier molecular flexibility index (Phi) is 15.2. The summed E-state index contributed by atoms with van der Waals surface area (Å²) in [6.45, 7) is 15.1. The number of benzene rings is 4. The first-order chi connectivity index (χ1) is 25.7. The third-order valence-electron chi connectivity index (χ3n) is 8.86. The Labute approximate surface area is 317 Å². The molecule has 0 spiro atoms. The maximum absolute atomic E-state index is 13.1. The lowest BCUT2D eigenvalue weighted by molar-refractivity contribution is -0.135. The van der Waals surface area contributed by atoms with Crippen molar-refractivity contribution in [3.8, 4) is 11.5 Å². The van der Waals surface area contributed by atoms with Crippen LogP contribution in [0.15, 0.2) is 84.9 Å². The second kappa shape index (κ2) is 19.7. The average Bonchev–Trinajstić information content (AvgIpc) is 3.14. The monoisotopic (exact) mass is 742 g/mol. The van der Waals surface area contributed by atoms with Crippen molar-refractivity contribution in [3.63, 3.8) is 0 Å². The SMILES string of the molecule is CC(C)Cc1cc(C(=O)N2CCN(C(=O)C(C)C)CC2)ccc1OCc1ccc(F)cc1.CC(C)Cc1cc(C(=O)O)ccc1OCc1ccc(F)cc1. The van der Waals surface area contributed by atoms with Gasteiger partial charge in [0.1, 0.15) is 36.3 Å². The van der Waals surface area contributed by atoms with E-state index in [-0.39, 0.29) is 34.9 Å². The zero-order valence-corrected chi connectivity index (χ0v) is 32.1. The molecule has 288 valence electrons. The number of amides is 2. The molecule has 10 heteroatoms. The van der Waals surface area contributed by atoms with Crippen LogP contribution in [0, 0.1) is 29.4 Å². The Morgan fingerprint density at radius 2 is 1.02 bits per heavy atom. The van der Waals surface area contributed by atoms with E-state index in [4.69, 9.17) is 14.6 Å². The second-order valence-electron chi connectivity index (χ2n) is 14.7. The number of piperazine rings is 1. The molecule has 0 aromatic heterocycles. The van der Waals surface area contributed by atoms with Gasteiger partial charge in [0, 0.05) is 37.7 Å². The van der Waals surface area contributed by atoms with E-state index in [1.807, 2.05) is 35.8 Å². The predicted octanol–water partition coefficient (Wildman–Crippen LogP) is 8.85. The molecule has 1 heterocycles. The molecule has 1 aliphatic heterocycles. The van der Waals surface area contributed by atoms with E-state index >= 15 is 0 Å². The minimum atomic E-state index is -0.949. The van der Waals surface area contributed by atoms with Gasteiger partial charge in [0.25, 0.3) is 5.91 Å². The average molecular weight is 743 g/mol. The standard InChI is InChI=1S/C26H33FN2O3.C18H19FO3/c1-18(2)15-22-16-21(7-10-24(22)32-17-20-5-8-23(27)9-6-20)26(31)29-13-11-28(12-14-29)25(30)19(3)4;1-12(2)9-15-10-14(18(20)21)5-8-17(15)22-11-13-3-6-16(19)7-4-13/h5-10,16,18-19H,11-15,17H2,1-4H3;3-8,10,12H,9,11H2,1-2H3,(H,20,21). The van der Waals surface area contributed by atoms with E-state index in [1.165, 1.54) is 30.3 Å². The third-order valence-corrected chi connectivity index (χ3v) is 8.86. The van der Waals surface area contributed by atoms with Gasteiger partial charge in [0.2, 0.25) is 5.91 Å². The van der Waals surface area contributed by atoms with Gasteiger partial charge in [-0.25, -0.2) is 13.6 Å². The molecule has 0 radical (unpaired) electrons. The van der Waals surface area contributed by atoms with Gasteiger partial charge in [-0.1, -0.05) is 65.8 Å². The lowest BCUT2D eigenvalue weighted by atomic mass is 9.99. The number of carbonyl (C=O) groups is 3. The Balaban J connectivity index is 0.000000258. The minimum absolute atomic E-state index is 0.0169. The van der Waals surface area contributed by atoms with Crippen LogP contribution in [-0.2, 0) is 30.8 Å². The first kappa shape index (κ1) is 41.5. The first-order valence-electron chi connectivity index (χ1n) is 18.5. The molecule has 4 aromatic rings. The van der Waals surface area contributed by atoms with E-state index < -0.39 is 5.97 Å². The first-order valence-corrected chi connectivity index (χ1v) is 18.5. The van der Waals surface area contributed by atoms with E-state index in [0.717, 1.165) is 40.8 Å². The smallest absolute Gasteiger partial charge is 0.335 e. The Bertz CT molecular complexity index is 1850. The molecule has 0 aliphatic carbocycles. The highest BCUT2D eigenvalue weighted by Gasteiger charge is 2.26. The van der Waals surface area contributed by atoms with Crippen LogP contribution in [-0.4, -0.2) is 58.9 Å². The van der Waals surface area contributed by atoms with Gasteiger partial charge in [-0.2, -0.15) is 0 Å². The van der Waals surface area contributed by atoms with Crippen molar-refractivity contribution < 1.29 is 37.7 Å². The fourth-order valence-electron chi connectivity index (χ4n) is 6.07. The van der Waals surface area contributed by atoms with Gasteiger partial charge >= 0.3 is 5.97 Å². The van der Waals surface area contributed by atoms with Crippen molar-refractivity contribution in [1.82, 2.24) is 9.80 Å². The minimum Gasteiger partial charge on any atom is -0.489 e. The molecule has 4 aromatic carbocycles. The Morgan fingerprint density at radius 3 is 1.43 bits per heavy atom. The maximum atomic E-state index is 13.1. The number of hydrogen-bond acceptors (Lipinski definition) is 5. The summed E-state index contributed by atoms with van der Waals surface area (Å²) in [6.07, 6.45) is 1.52. The molecule has 0 saturated carbocycles. The molecule has 0 atom stereocenters. The summed E-state index contributed by atoms with van der Waals surface area (Å²) in [6, 6.07) is 22.8. The van der Waals surface area contributed by atoms with Crippen LogP contribution in [0.2, 0.25) is 0 Å². The summed E-state index contributed by atoms with van der Waals surface area (Å²) >= 11 is 0. The van der Waals surface area contributed by atoms with Crippen LogP contribution in [0.5, 0.6) is 11.5 Å². The lowest BCUT2D eigenvalue weighted by Crippen LogP contribution is -2.51. The Morgan fingerprint density at radius 1 is 0.611 bits per heavy atom. The molecule has 5 rings (SSSR count). The van der Waals surface area contributed by atoms with Crippen molar-refractivity contribution in [1.29, 1.82) is 0 Å². The van der Waals surface area contributed by atoms with Crippen molar-refractivity contribution in [2.24, 2.45) is 17.8 Å². The van der Waals surface area contributed by atoms with Crippen LogP contribution >= 0.6 is 0 Å². The third kappa shape index (κ3) is 12.4. The van der Waals surface area contributed by atoms with Gasteiger partial charge in [-0.05, 0) is 108 Å². The fraction of sp³-hybridized carbons (Fsp3) is 0.386. The highest BCUT2D eigenvalue weighted by Crippen LogP contribution is 2.27. The molecule has 54 heavy (non-hydrogen) atoms. The van der Waals surface area contributed by atoms with Crippen molar-refractivity contribution in [2.75, 3.05) is 26.2 Å².